The number of carbonyl (C=O) groups excluding carboxylic acids is 1. The van der Waals surface area contributed by atoms with E-state index in [2.05, 4.69) is 36.8 Å². The fourth-order valence-electron chi connectivity index (χ4n) is 4.37. The number of thioether (sulfide) groups is 1. The average Bonchev–Trinajstić information content (AvgIpc) is 3.08. The predicted octanol–water partition coefficient (Wildman–Crippen LogP) is 3.97. The summed E-state index contributed by atoms with van der Waals surface area (Å²) in [4.78, 5) is 33.3. The summed E-state index contributed by atoms with van der Waals surface area (Å²) in [5, 5.41) is 9.82. The molecule has 3 heterocycles. The number of rotatable bonds is 9. The number of unbranched alkanes of at least 4 members (excludes halogenated alkanes) is 3. The van der Waals surface area contributed by atoms with Crippen molar-refractivity contribution in [1.82, 2.24) is 14.4 Å². The van der Waals surface area contributed by atoms with E-state index in [-0.39, 0.29) is 17.0 Å². The van der Waals surface area contributed by atoms with Crippen LogP contribution in [-0.2, 0) is 11.3 Å². The Bertz CT molecular complexity index is 1060. The summed E-state index contributed by atoms with van der Waals surface area (Å²) in [5.74, 6) is 0.735. The van der Waals surface area contributed by atoms with Crippen LogP contribution in [0.4, 0.5) is 5.82 Å². The minimum Gasteiger partial charge on any atom is -0.355 e. The average molecular weight is 502 g/mol. The molecule has 3 rings (SSSR count). The number of thiocarbonyl (C=S) groups is 1. The molecule has 2 fully saturated rings. The van der Waals surface area contributed by atoms with Crippen LogP contribution in [0.1, 0.15) is 62.6 Å². The van der Waals surface area contributed by atoms with Gasteiger partial charge < -0.3 is 9.80 Å². The SMILES string of the molecule is CCCCCN1C(=O)/C(=C/c2c(C)c(C#N)c(=O)n(CCCC)c2N2CCN(C)CC2)SC1=S. The molecule has 34 heavy (non-hydrogen) atoms. The maximum Gasteiger partial charge on any atom is 0.270 e. The zero-order valence-electron chi connectivity index (χ0n) is 20.7. The molecule has 0 atom stereocenters. The highest BCUT2D eigenvalue weighted by atomic mass is 32.2. The van der Waals surface area contributed by atoms with Crippen molar-refractivity contribution < 1.29 is 4.79 Å². The maximum absolute atomic E-state index is 13.3. The van der Waals surface area contributed by atoms with Crippen molar-refractivity contribution in [3.05, 3.63) is 31.9 Å². The Morgan fingerprint density at radius 2 is 1.74 bits per heavy atom. The van der Waals surface area contributed by atoms with Gasteiger partial charge in [-0.3, -0.25) is 19.1 Å². The Labute approximate surface area is 212 Å². The third kappa shape index (κ3) is 5.56. The van der Waals surface area contributed by atoms with Gasteiger partial charge >= 0.3 is 0 Å². The van der Waals surface area contributed by atoms with Gasteiger partial charge in [0.15, 0.2) is 0 Å². The molecule has 184 valence electrons. The van der Waals surface area contributed by atoms with Gasteiger partial charge in [-0.25, -0.2) is 0 Å². The second kappa shape index (κ2) is 12.0. The van der Waals surface area contributed by atoms with E-state index in [1.54, 1.807) is 9.47 Å². The van der Waals surface area contributed by atoms with Crippen molar-refractivity contribution in [3.63, 3.8) is 0 Å². The number of piperazine rings is 1. The topological polar surface area (TPSA) is 72.6 Å². The van der Waals surface area contributed by atoms with Gasteiger partial charge in [-0.05, 0) is 38.5 Å². The molecule has 7 nitrogen and oxygen atoms in total. The van der Waals surface area contributed by atoms with Crippen molar-refractivity contribution in [2.24, 2.45) is 0 Å². The van der Waals surface area contributed by atoms with Gasteiger partial charge in [-0.15, -0.1) is 0 Å². The Morgan fingerprint density at radius 3 is 2.35 bits per heavy atom. The van der Waals surface area contributed by atoms with Crippen LogP contribution in [0.15, 0.2) is 9.70 Å². The number of nitrogens with zero attached hydrogens (tertiary/aromatic N) is 5. The number of pyridine rings is 1. The van der Waals surface area contributed by atoms with Crippen LogP contribution >= 0.6 is 24.0 Å². The molecule has 2 saturated heterocycles. The minimum atomic E-state index is -0.244. The number of aromatic nitrogens is 1. The van der Waals surface area contributed by atoms with Crippen molar-refractivity contribution >= 4 is 46.1 Å². The van der Waals surface area contributed by atoms with E-state index in [0.29, 0.717) is 27.9 Å². The Kier molecular flexibility index (Phi) is 9.34. The standard InChI is InChI=1S/C25H35N5O2S2/c1-5-7-9-11-30-24(32)21(34-25(30)33)16-19-18(3)20(17-26)23(31)29(10-8-6-2)22(19)28-14-12-27(4)13-15-28/h16H,5-15H2,1-4H3/b21-16-. The molecule has 0 spiro atoms. The second-order valence-corrected chi connectivity index (χ2v) is 10.7. The normalized spacial score (nSPS) is 18.3. The molecule has 9 heteroatoms. The van der Waals surface area contributed by atoms with Crippen LogP contribution in [0.5, 0.6) is 0 Å². The van der Waals surface area contributed by atoms with E-state index in [1.165, 1.54) is 11.8 Å². The highest BCUT2D eigenvalue weighted by molar-refractivity contribution is 8.26. The third-order valence-electron chi connectivity index (χ3n) is 6.52. The summed E-state index contributed by atoms with van der Waals surface area (Å²) < 4.78 is 2.33. The lowest BCUT2D eigenvalue weighted by atomic mass is 10.0. The van der Waals surface area contributed by atoms with Crippen LogP contribution in [0.25, 0.3) is 6.08 Å². The first-order chi connectivity index (χ1) is 16.3. The van der Waals surface area contributed by atoms with E-state index in [9.17, 15) is 14.9 Å². The van der Waals surface area contributed by atoms with Crippen molar-refractivity contribution in [2.75, 3.05) is 44.7 Å². The zero-order valence-corrected chi connectivity index (χ0v) is 22.4. The molecule has 0 aromatic carbocycles. The summed E-state index contributed by atoms with van der Waals surface area (Å²) in [6.07, 6.45) is 6.70. The first kappa shape index (κ1) is 26.5. The van der Waals surface area contributed by atoms with E-state index in [0.717, 1.165) is 69.7 Å². The predicted molar refractivity (Wildman–Crippen MR) is 144 cm³/mol. The molecule has 0 saturated carbocycles. The fraction of sp³-hybridized carbons (Fsp3) is 0.600. The van der Waals surface area contributed by atoms with Crippen molar-refractivity contribution in [3.8, 4) is 6.07 Å². The monoisotopic (exact) mass is 501 g/mol. The molecule has 0 aliphatic carbocycles. The maximum atomic E-state index is 13.3. The lowest BCUT2D eigenvalue weighted by Gasteiger charge is -2.36. The van der Waals surface area contributed by atoms with Crippen LogP contribution in [-0.4, -0.2) is 64.4 Å². The van der Waals surface area contributed by atoms with Crippen molar-refractivity contribution in [2.45, 2.75) is 59.4 Å². The second-order valence-electron chi connectivity index (χ2n) is 8.99. The number of anilines is 1. The van der Waals surface area contributed by atoms with E-state index < -0.39 is 0 Å². The molecule has 1 amide bonds. The fourth-order valence-corrected chi connectivity index (χ4v) is 5.66. The molecule has 0 radical (unpaired) electrons. The molecule has 0 bridgehead atoms. The molecular formula is C25H35N5O2S2. The molecule has 1 aromatic rings. The Hall–Kier alpha value is -2.15. The summed E-state index contributed by atoms with van der Waals surface area (Å²) in [6, 6.07) is 2.13. The lowest BCUT2D eigenvalue weighted by molar-refractivity contribution is -0.122. The van der Waals surface area contributed by atoms with E-state index >= 15 is 0 Å². The summed E-state index contributed by atoms with van der Waals surface area (Å²) >= 11 is 6.83. The highest BCUT2D eigenvalue weighted by Gasteiger charge is 2.33. The number of nitriles is 1. The summed E-state index contributed by atoms with van der Waals surface area (Å²) in [5.41, 5.74) is 1.32. The largest absolute Gasteiger partial charge is 0.355 e. The molecule has 0 N–H and O–H groups in total. The lowest BCUT2D eigenvalue weighted by Crippen LogP contribution is -2.47. The zero-order chi connectivity index (χ0) is 24.8. The van der Waals surface area contributed by atoms with Crippen LogP contribution in [0.3, 0.4) is 0 Å². The smallest absolute Gasteiger partial charge is 0.270 e. The van der Waals surface area contributed by atoms with E-state index in [4.69, 9.17) is 12.2 Å². The number of likely N-dealkylation sites (N-methyl/N-ethyl adjacent to an activating group) is 1. The van der Waals surface area contributed by atoms with Gasteiger partial charge in [0.05, 0.1) is 4.91 Å². The number of hydrogen-bond donors (Lipinski definition) is 0. The van der Waals surface area contributed by atoms with Gasteiger partial charge in [-0.1, -0.05) is 57.1 Å². The van der Waals surface area contributed by atoms with Crippen LogP contribution in [0.2, 0.25) is 0 Å². The van der Waals surface area contributed by atoms with E-state index in [1.807, 2.05) is 13.0 Å². The minimum absolute atomic E-state index is 0.0837. The van der Waals surface area contributed by atoms with Crippen LogP contribution < -0.4 is 10.5 Å². The molecular weight excluding hydrogens is 466 g/mol. The van der Waals surface area contributed by atoms with Gasteiger partial charge in [0.25, 0.3) is 11.5 Å². The quantitative estimate of drug-likeness (QED) is 0.288. The van der Waals surface area contributed by atoms with Gasteiger partial charge in [-0.2, -0.15) is 5.26 Å². The molecule has 1 aromatic heterocycles. The van der Waals surface area contributed by atoms with Gasteiger partial charge in [0.2, 0.25) is 0 Å². The van der Waals surface area contributed by atoms with Crippen molar-refractivity contribution in [1.29, 1.82) is 5.26 Å². The summed E-state index contributed by atoms with van der Waals surface area (Å²) in [7, 11) is 2.09. The molecule has 2 aliphatic heterocycles. The summed E-state index contributed by atoms with van der Waals surface area (Å²) in [6.45, 7) is 10.6. The highest BCUT2D eigenvalue weighted by Crippen LogP contribution is 2.36. The van der Waals surface area contributed by atoms with Crippen LogP contribution in [0, 0.1) is 18.3 Å². The molecule has 2 aliphatic rings. The first-order valence-electron chi connectivity index (χ1n) is 12.2. The molecule has 0 unspecified atom stereocenters. The van der Waals surface area contributed by atoms with Gasteiger partial charge in [0, 0.05) is 44.8 Å². The number of carbonyl (C=O) groups is 1. The number of hydrogen-bond acceptors (Lipinski definition) is 7. The Morgan fingerprint density at radius 1 is 1.06 bits per heavy atom. The third-order valence-corrected chi connectivity index (χ3v) is 7.90. The first-order valence-corrected chi connectivity index (χ1v) is 13.4. The van der Waals surface area contributed by atoms with Gasteiger partial charge in [0.1, 0.15) is 21.8 Å². The Balaban J connectivity index is 2.13. The number of amides is 1.